The number of hydrogen-bond donors (Lipinski definition) is 1. The van der Waals surface area contributed by atoms with E-state index in [1.54, 1.807) is 6.92 Å². The molecule has 0 amide bonds. The molecule has 1 atom stereocenters. The number of nitrogens with one attached hydrogen (secondary N) is 1. The molecule has 78 valence electrons. The van der Waals surface area contributed by atoms with Gasteiger partial charge in [0.2, 0.25) is 10.0 Å². The van der Waals surface area contributed by atoms with E-state index >= 15 is 0 Å². The average molecular weight is 278 g/mol. The van der Waals surface area contributed by atoms with Gasteiger partial charge in [-0.15, -0.1) is 0 Å². The van der Waals surface area contributed by atoms with Crippen LogP contribution in [0.4, 0.5) is 0 Å². The minimum absolute atomic E-state index is 0.222. The molecule has 0 radical (unpaired) electrons. The summed E-state index contributed by atoms with van der Waals surface area (Å²) in [6, 6.07) is 7.31. The largest absolute Gasteiger partial charge is 0.213 e. The van der Waals surface area contributed by atoms with Crippen LogP contribution in [0.15, 0.2) is 28.7 Å². The molecule has 0 aromatic heterocycles. The molecular formula is C9H12BrNO2S. The highest BCUT2D eigenvalue weighted by Gasteiger charge is 2.12. The van der Waals surface area contributed by atoms with Crippen molar-refractivity contribution < 1.29 is 8.42 Å². The van der Waals surface area contributed by atoms with E-state index in [-0.39, 0.29) is 6.04 Å². The predicted octanol–water partition coefficient (Wildman–Crippen LogP) is 2.06. The second-order valence-electron chi connectivity index (χ2n) is 3.13. The van der Waals surface area contributed by atoms with Crippen LogP contribution < -0.4 is 4.72 Å². The van der Waals surface area contributed by atoms with E-state index in [2.05, 4.69) is 20.7 Å². The van der Waals surface area contributed by atoms with Crippen molar-refractivity contribution in [3.63, 3.8) is 0 Å². The number of sulfonamides is 1. The van der Waals surface area contributed by atoms with Gasteiger partial charge in [-0.25, -0.2) is 13.1 Å². The van der Waals surface area contributed by atoms with Crippen LogP contribution in [-0.2, 0) is 10.0 Å². The van der Waals surface area contributed by atoms with Crippen molar-refractivity contribution in [1.29, 1.82) is 0 Å². The third kappa shape index (κ3) is 3.40. The molecule has 0 aliphatic heterocycles. The molecule has 0 aliphatic rings. The zero-order valence-corrected chi connectivity index (χ0v) is 10.4. The van der Waals surface area contributed by atoms with Gasteiger partial charge in [-0.05, 0) is 18.6 Å². The molecular weight excluding hydrogens is 266 g/mol. The van der Waals surface area contributed by atoms with Crippen LogP contribution in [0.5, 0.6) is 0 Å². The maximum Gasteiger partial charge on any atom is 0.209 e. The van der Waals surface area contributed by atoms with Gasteiger partial charge in [0.1, 0.15) is 0 Å². The zero-order valence-electron chi connectivity index (χ0n) is 7.99. The van der Waals surface area contributed by atoms with E-state index in [0.29, 0.717) is 0 Å². The molecule has 1 rings (SSSR count). The average Bonchev–Trinajstić information content (AvgIpc) is 2.01. The van der Waals surface area contributed by atoms with E-state index in [1.807, 2.05) is 24.3 Å². The Kier molecular flexibility index (Phi) is 3.69. The van der Waals surface area contributed by atoms with Crippen molar-refractivity contribution in [2.24, 2.45) is 0 Å². The van der Waals surface area contributed by atoms with Crippen molar-refractivity contribution in [2.75, 3.05) is 6.26 Å². The third-order valence-corrected chi connectivity index (χ3v) is 3.27. The lowest BCUT2D eigenvalue weighted by atomic mass is 10.1. The lowest BCUT2D eigenvalue weighted by Gasteiger charge is -2.13. The zero-order chi connectivity index (χ0) is 10.8. The summed E-state index contributed by atoms with van der Waals surface area (Å²) in [5.74, 6) is 0. The quantitative estimate of drug-likeness (QED) is 0.919. The van der Waals surface area contributed by atoms with Crippen molar-refractivity contribution in [3.8, 4) is 0 Å². The topological polar surface area (TPSA) is 46.2 Å². The molecule has 0 fully saturated rings. The van der Waals surface area contributed by atoms with E-state index in [9.17, 15) is 8.42 Å². The van der Waals surface area contributed by atoms with Crippen LogP contribution in [0.3, 0.4) is 0 Å². The summed E-state index contributed by atoms with van der Waals surface area (Å²) in [4.78, 5) is 0. The van der Waals surface area contributed by atoms with Crippen molar-refractivity contribution in [1.82, 2.24) is 4.72 Å². The van der Waals surface area contributed by atoms with Crippen LogP contribution in [0.25, 0.3) is 0 Å². The first-order valence-electron chi connectivity index (χ1n) is 4.12. The van der Waals surface area contributed by atoms with Crippen molar-refractivity contribution in [2.45, 2.75) is 13.0 Å². The Morgan fingerprint density at radius 1 is 1.36 bits per heavy atom. The molecule has 0 saturated heterocycles. The maximum absolute atomic E-state index is 11.0. The molecule has 14 heavy (non-hydrogen) atoms. The monoisotopic (exact) mass is 277 g/mol. The van der Waals surface area contributed by atoms with E-state index in [1.165, 1.54) is 0 Å². The number of halogens is 1. The van der Waals surface area contributed by atoms with Crippen LogP contribution >= 0.6 is 15.9 Å². The van der Waals surface area contributed by atoms with Crippen molar-refractivity contribution >= 4 is 26.0 Å². The molecule has 0 saturated carbocycles. The van der Waals surface area contributed by atoms with Gasteiger partial charge in [-0.3, -0.25) is 0 Å². The lowest BCUT2D eigenvalue weighted by Crippen LogP contribution is -2.25. The molecule has 5 heteroatoms. The smallest absolute Gasteiger partial charge is 0.209 e. The van der Waals surface area contributed by atoms with Crippen molar-refractivity contribution in [3.05, 3.63) is 34.3 Å². The van der Waals surface area contributed by atoms with Crippen LogP contribution in [0.2, 0.25) is 0 Å². The van der Waals surface area contributed by atoms with Gasteiger partial charge < -0.3 is 0 Å². The minimum Gasteiger partial charge on any atom is -0.213 e. The first-order chi connectivity index (χ1) is 6.40. The van der Waals surface area contributed by atoms with Crippen LogP contribution in [0.1, 0.15) is 18.5 Å². The minimum atomic E-state index is -3.16. The standard InChI is InChI=1S/C9H12BrNO2S/c1-7(11-14(2,12)13)8-5-3-4-6-9(8)10/h3-7,11H,1-2H3. The van der Waals surface area contributed by atoms with Gasteiger partial charge in [0.05, 0.1) is 6.26 Å². The van der Waals surface area contributed by atoms with Crippen LogP contribution in [-0.4, -0.2) is 14.7 Å². The van der Waals surface area contributed by atoms with Crippen LogP contribution in [0, 0.1) is 0 Å². The Balaban J connectivity index is 2.90. The number of hydrogen-bond acceptors (Lipinski definition) is 2. The second-order valence-corrected chi connectivity index (χ2v) is 5.77. The SMILES string of the molecule is CC(NS(C)(=O)=O)c1ccccc1Br. The lowest BCUT2D eigenvalue weighted by molar-refractivity contribution is 0.573. The van der Waals surface area contributed by atoms with Gasteiger partial charge in [-0.2, -0.15) is 0 Å². The van der Waals surface area contributed by atoms with Gasteiger partial charge in [0.25, 0.3) is 0 Å². The summed E-state index contributed by atoms with van der Waals surface area (Å²) in [5, 5.41) is 0. The highest BCUT2D eigenvalue weighted by Crippen LogP contribution is 2.22. The Hall–Kier alpha value is -0.390. The summed E-state index contributed by atoms with van der Waals surface area (Å²) in [6.45, 7) is 1.81. The van der Waals surface area contributed by atoms with Gasteiger partial charge in [-0.1, -0.05) is 34.1 Å². The Morgan fingerprint density at radius 3 is 2.43 bits per heavy atom. The first-order valence-corrected chi connectivity index (χ1v) is 6.80. The summed E-state index contributed by atoms with van der Waals surface area (Å²) in [6.07, 6.45) is 1.15. The molecule has 0 aliphatic carbocycles. The van der Waals surface area contributed by atoms with E-state index in [0.717, 1.165) is 16.3 Å². The molecule has 0 spiro atoms. The molecule has 1 unspecified atom stereocenters. The normalized spacial score (nSPS) is 13.9. The highest BCUT2D eigenvalue weighted by molar-refractivity contribution is 9.10. The molecule has 1 aromatic rings. The Labute approximate surface area is 92.7 Å². The van der Waals surface area contributed by atoms with Gasteiger partial charge >= 0.3 is 0 Å². The van der Waals surface area contributed by atoms with Gasteiger partial charge in [0.15, 0.2) is 0 Å². The third-order valence-electron chi connectivity index (χ3n) is 1.76. The maximum atomic E-state index is 11.0. The summed E-state index contributed by atoms with van der Waals surface area (Å²) < 4.78 is 25.4. The molecule has 0 bridgehead atoms. The first kappa shape index (κ1) is 11.7. The Morgan fingerprint density at radius 2 is 1.93 bits per heavy atom. The molecule has 0 heterocycles. The highest BCUT2D eigenvalue weighted by atomic mass is 79.9. The fraction of sp³-hybridized carbons (Fsp3) is 0.333. The van der Waals surface area contributed by atoms with E-state index < -0.39 is 10.0 Å². The number of rotatable bonds is 3. The summed E-state index contributed by atoms with van der Waals surface area (Å²) in [7, 11) is -3.16. The predicted molar refractivity (Wildman–Crippen MR) is 60.5 cm³/mol. The molecule has 1 aromatic carbocycles. The Bertz CT molecular complexity index is 417. The molecule has 3 nitrogen and oxygen atoms in total. The number of benzene rings is 1. The molecule has 1 N–H and O–H groups in total. The summed E-state index contributed by atoms with van der Waals surface area (Å²) >= 11 is 3.37. The second kappa shape index (κ2) is 4.42. The fourth-order valence-corrected chi connectivity index (χ4v) is 2.61. The van der Waals surface area contributed by atoms with Gasteiger partial charge in [0, 0.05) is 10.5 Å². The van der Waals surface area contributed by atoms with E-state index in [4.69, 9.17) is 0 Å². The fourth-order valence-electron chi connectivity index (χ4n) is 1.21. The summed E-state index contributed by atoms with van der Waals surface area (Å²) in [5.41, 5.74) is 0.929.